The standard InChI is InChI=1S/C13H18N2/c1-13(2,3)10-8-12(15-9-10)11-6-4-5-7-14-11/h4-8,10,15H,9H2,1-3H3/t10-/m1/s1. The van der Waals surface area contributed by atoms with Crippen molar-refractivity contribution in [2.24, 2.45) is 11.3 Å². The highest BCUT2D eigenvalue weighted by atomic mass is 14.9. The van der Waals surface area contributed by atoms with Gasteiger partial charge in [0.15, 0.2) is 0 Å². The van der Waals surface area contributed by atoms with Gasteiger partial charge >= 0.3 is 0 Å². The van der Waals surface area contributed by atoms with Gasteiger partial charge < -0.3 is 5.32 Å². The van der Waals surface area contributed by atoms with E-state index in [-0.39, 0.29) is 0 Å². The Kier molecular flexibility index (Phi) is 2.51. The maximum absolute atomic E-state index is 4.35. The lowest BCUT2D eigenvalue weighted by atomic mass is 9.81. The molecule has 2 heteroatoms. The molecule has 0 radical (unpaired) electrons. The van der Waals surface area contributed by atoms with E-state index in [2.05, 4.69) is 37.1 Å². The molecule has 0 spiro atoms. The molecule has 1 aromatic heterocycles. The van der Waals surface area contributed by atoms with E-state index in [1.165, 1.54) is 5.70 Å². The Morgan fingerprint density at radius 3 is 2.67 bits per heavy atom. The van der Waals surface area contributed by atoms with Crippen LogP contribution in [0.2, 0.25) is 0 Å². The van der Waals surface area contributed by atoms with Gasteiger partial charge in [0.05, 0.1) is 11.4 Å². The fourth-order valence-corrected chi connectivity index (χ4v) is 1.79. The molecule has 2 rings (SSSR count). The van der Waals surface area contributed by atoms with Gasteiger partial charge in [-0.1, -0.05) is 32.9 Å². The summed E-state index contributed by atoms with van der Waals surface area (Å²) in [6, 6.07) is 6.01. The average molecular weight is 202 g/mol. The van der Waals surface area contributed by atoms with Gasteiger partial charge in [-0.3, -0.25) is 4.98 Å². The van der Waals surface area contributed by atoms with Crippen LogP contribution in [0.1, 0.15) is 26.5 Å². The molecule has 2 nitrogen and oxygen atoms in total. The minimum Gasteiger partial charge on any atom is -0.383 e. The van der Waals surface area contributed by atoms with Gasteiger partial charge in [0, 0.05) is 18.7 Å². The number of nitrogens with one attached hydrogen (secondary N) is 1. The zero-order chi connectivity index (χ0) is 10.9. The minimum atomic E-state index is 0.323. The average Bonchev–Trinajstić information content (AvgIpc) is 2.67. The van der Waals surface area contributed by atoms with Crippen molar-refractivity contribution in [1.29, 1.82) is 0 Å². The molecule has 0 saturated heterocycles. The first-order chi connectivity index (χ1) is 7.07. The lowest BCUT2D eigenvalue weighted by molar-refractivity contribution is 0.302. The number of aromatic nitrogens is 1. The van der Waals surface area contributed by atoms with Gasteiger partial charge in [-0.15, -0.1) is 0 Å². The van der Waals surface area contributed by atoms with Crippen LogP contribution in [0.4, 0.5) is 0 Å². The molecule has 2 heterocycles. The number of nitrogens with zero attached hydrogens (tertiary/aromatic N) is 1. The Morgan fingerprint density at radius 2 is 2.13 bits per heavy atom. The molecule has 0 saturated carbocycles. The van der Waals surface area contributed by atoms with Crippen LogP contribution < -0.4 is 5.32 Å². The molecule has 1 aliphatic heterocycles. The van der Waals surface area contributed by atoms with E-state index in [1.54, 1.807) is 0 Å². The highest BCUT2D eigenvalue weighted by Gasteiger charge is 2.27. The SMILES string of the molecule is CC(C)(C)[C@@H]1C=C(c2ccccn2)NC1. The molecular formula is C13H18N2. The van der Waals surface area contributed by atoms with Crippen molar-refractivity contribution in [1.82, 2.24) is 10.3 Å². The quantitative estimate of drug-likeness (QED) is 0.757. The number of rotatable bonds is 1. The second-order valence-corrected chi connectivity index (χ2v) is 5.15. The normalized spacial score (nSPS) is 21.0. The molecule has 1 aromatic rings. The van der Waals surface area contributed by atoms with Crippen LogP contribution in [0.15, 0.2) is 30.5 Å². The van der Waals surface area contributed by atoms with Crippen molar-refractivity contribution in [3.63, 3.8) is 0 Å². The van der Waals surface area contributed by atoms with E-state index in [9.17, 15) is 0 Å². The third-order valence-electron chi connectivity index (χ3n) is 2.93. The fourth-order valence-electron chi connectivity index (χ4n) is 1.79. The number of hydrogen-bond donors (Lipinski definition) is 1. The second-order valence-electron chi connectivity index (χ2n) is 5.15. The highest BCUT2D eigenvalue weighted by Crippen LogP contribution is 2.32. The van der Waals surface area contributed by atoms with Crippen LogP contribution >= 0.6 is 0 Å². The molecule has 15 heavy (non-hydrogen) atoms. The number of pyridine rings is 1. The zero-order valence-corrected chi connectivity index (χ0v) is 9.62. The van der Waals surface area contributed by atoms with E-state index in [0.29, 0.717) is 11.3 Å². The Hall–Kier alpha value is -1.31. The van der Waals surface area contributed by atoms with Crippen LogP contribution in [-0.2, 0) is 0 Å². The lowest BCUT2D eigenvalue weighted by Gasteiger charge is -2.24. The molecule has 80 valence electrons. The van der Waals surface area contributed by atoms with Crippen LogP contribution in [-0.4, -0.2) is 11.5 Å². The first kappa shape index (κ1) is 10.2. The summed E-state index contributed by atoms with van der Waals surface area (Å²) in [5.41, 5.74) is 2.54. The predicted molar refractivity (Wildman–Crippen MR) is 63.2 cm³/mol. The van der Waals surface area contributed by atoms with Crippen molar-refractivity contribution in [3.05, 3.63) is 36.2 Å². The minimum absolute atomic E-state index is 0.323. The van der Waals surface area contributed by atoms with E-state index in [0.717, 1.165) is 12.2 Å². The first-order valence-corrected chi connectivity index (χ1v) is 5.44. The van der Waals surface area contributed by atoms with E-state index < -0.39 is 0 Å². The van der Waals surface area contributed by atoms with Gasteiger partial charge in [0.1, 0.15) is 0 Å². The van der Waals surface area contributed by atoms with Crippen LogP contribution in [0.5, 0.6) is 0 Å². The molecule has 0 bridgehead atoms. The molecule has 1 aliphatic rings. The molecule has 0 unspecified atom stereocenters. The summed E-state index contributed by atoms with van der Waals surface area (Å²) in [5, 5.41) is 3.43. The van der Waals surface area contributed by atoms with Gasteiger partial charge in [-0.2, -0.15) is 0 Å². The Morgan fingerprint density at radius 1 is 1.33 bits per heavy atom. The second kappa shape index (κ2) is 3.69. The van der Waals surface area contributed by atoms with Crippen LogP contribution in [0.3, 0.4) is 0 Å². The molecule has 1 atom stereocenters. The summed E-state index contributed by atoms with van der Waals surface area (Å²) in [5.74, 6) is 0.592. The van der Waals surface area contributed by atoms with Crippen molar-refractivity contribution in [2.45, 2.75) is 20.8 Å². The molecule has 1 N–H and O–H groups in total. The highest BCUT2D eigenvalue weighted by molar-refractivity contribution is 5.63. The molecule has 0 aliphatic carbocycles. The van der Waals surface area contributed by atoms with E-state index >= 15 is 0 Å². The maximum atomic E-state index is 4.35. The van der Waals surface area contributed by atoms with Crippen LogP contribution in [0.25, 0.3) is 5.70 Å². The van der Waals surface area contributed by atoms with E-state index in [1.807, 2.05) is 24.4 Å². The maximum Gasteiger partial charge on any atom is 0.0857 e. The van der Waals surface area contributed by atoms with Gasteiger partial charge in [-0.05, 0) is 17.5 Å². The first-order valence-electron chi connectivity index (χ1n) is 5.44. The Balaban J connectivity index is 2.21. The van der Waals surface area contributed by atoms with Crippen molar-refractivity contribution >= 4 is 5.70 Å². The summed E-state index contributed by atoms with van der Waals surface area (Å²) >= 11 is 0. The lowest BCUT2D eigenvalue weighted by Crippen LogP contribution is -2.23. The summed E-state index contributed by atoms with van der Waals surface area (Å²) < 4.78 is 0. The van der Waals surface area contributed by atoms with Crippen molar-refractivity contribution in [2.75, 3.05) is 6.54 Å². The van der Waals surface area contributed by atoms with E-state index in [4.69, 9.17) is 0 Å². The van der Waals surface area contributed by atoms with Crippen molar-refractivity contribution < 1.29 is 0 Å². The monoisotopic (exact) mass is 202 g/mol. The third kappa shape index (κ3) is 2.20. The Labute approximate surface area is 91.4 Å². The summed E-state index contributed by atoms with van der Waals surface area (Å²) in [4.78, 5) is 4.35. The predicted octanol–water partition coefficient (Wildman–Crippen LogP) is 2.69. The summed E-state index contributed by atoms with van der Waals surface area (Å²) in [7, 11) is 0. The van der Waals surface area contributed by atoms with Crippen molar-refractivity contribution in [3.8, 4) is 0 Å². The molecule has 0 amide bonds. The smallest absolute Gasteiger partial charge is 0.0857 e. The fraction of sp³-hybridized carbons (Fsp3) is 0.462. The molecular weight excluding hydrogens is 184 g/mol. The number of hydrogen-bond acceptors (Lipinski definition) is 2. The largest absolute Gasteiger partial charge is 0.383 e. The van der Waals surface area contributed by atoms with Gasteiger partial charge in [-0.25, -0.2) is 0 Å². The van der Waals surface area contributed by atoms with Crippen LogP contribution in [0, 0.1) is 11.3 Å². The van der Waals surface area contributed by atoms with Gasteiger partial charge in [0.25, 0.3) is 0 Å². The third-order valence-corrected chi connectivity index (χ3v) is 2.93. The zero-order valence-electron chi connectivity index (χ0n) is 9.62. The summed E-state index contributed by atoms with van der Waals surface area (Å²) in [6.45, 7) is 7.85. The molecule has 0 fully saturated rings. The molecule has 0 aromatic carbocycles. The summed E-state index contributed by atoms with van der Waals surface area (Å²) in [6.07, 6.45) is 4.14. The van der Waals surface area contributed by atoms with Gasteiger partial charge in [0.2, 0.25) is 0 Å². The Bertz CT molecular complexity index is 360. The topological polar surface area (TPSA) is 24.9 Å².